The molecule has 0 bridgehead atoms. The molecule has 0 atom stereocenters. The summed E-state index contributed by atoms with van der Waals surface area (Å²) in [7, 11) is 1.26. The van der Waals surface area contributed by atoms with Crippen molar-refractivity contribution in [1.82, 2.24) is 5.32 Å². The molecule has 1 aromatic rings. The van der Waals surface area contributed by atoms with Crippen molar-refractivity contribution < 1.29 is 19.1 Å². The molecule has 0 unspecified atom stereocenters. The molecule has 0 spiro atoms. The summed E-state index contributed by atoms with van der Waals surface area (Å²) < 4.78 is 4.97. The fraction of sp³-hybridized carbons (Fsp3) is 0.143. The third-order valence-electron chi connectivity index (χ3n) is 2.88. The number of hydrogen-bond acceptors (Lipinski definition) is 6. The Morgan fingerprint density at radius 3 is 2.59 bits per heavy atom. The van der Waals surface area contributed by atoms with E-state index in [4.69, 9.17) is 12.2 Å². The van der Waals surface area contributed by atoms with E-state index in [1.54, 1.807) is 18.2 Å². The summed E-state index contributed by atoms with van der Waals surface area (Å²) in [5.41, 5.74) is 0.766. The predicted octanol–water partition coefficient (Wildman–Crippen LogP) is 1.83. The van der Waals surface area contributed by atoms with Gasteiger partial charge in [0.2, 0.25) is 0 Å². The summed E-state index contributed by atoms with van der Waals surface area (Å²) in [6.45, 7) is 1.52. The summed E-state index contributed by atoms with van der Waals surface area (Å²) in [4.78, 5) is 35.8. The molecule has 8 heteroatoms. The lowest BCUT2D eigenvalue weighted by molar-refractivity contribution is -0.116. The third-order valence-corrected chi connectivity index (χ3v) is 4.21. The van der Waals surface area contributed by atoms with Gasteiger partial charge in [0.1, 0.15) is 4.32 Å². The lowest BCUT2D eigenvalue weighted by Gasteiger charge is -2.10. The van der Waals surface area contributed by atoms with Crippen LogP contribution in [-0.4, -0.2) is 29.2 Å². The summed E-state index contributed by atoms with van der Waals surface area (Å²) in [5.74, 6) is -1.45. The fourth-order valence-electron chi connectivity index (χ4n) is 1.76. The number of methoxy groups -OCH3 is 1. The number of anilines is 1. The Kier molecular flexibility index (Phi) is 4.94. The van der Waals surface area contributed by atoms with Gasteiger partial charge in [-0.3, -0.25) is 9.59 Å². The van der Waals surface area contributed by atoms with Crippen LogP contribution in [0.5, 0.6) is 0 Å². The zero-order valence-corrected chi connectivity index (χ0v) is 13.4. The van der Waals surface area contributed by atoms with Crippen molar-refractivity contribution in [2.45, 2.75) is 6.92 Å². The maximum absolute atomic E-state index is 12.3. The van der Waals surface area contributed by atoms with E-state index in [0.717, 1.165) is 11.8 Å². The average molecular weight is 336 g/mol. The Hall–Kier alpha value is -2.19. The highest BCUT2D eigenvalue weighted by atomic mass is 32.2. The molecule has 2 rings (SSSR count). The van der Waals surface area contributed by atoms with E-state index in [2.05, 4.69) is 15.4 Å². The molecule has 2 amide bonds. The number of carbonyl (C=O) groups is 3. The van der Waals surface area contributed by atoms with Gasteiger partial charge in [-0.15, -0.1) is 0 Å². The molecule has 1 heterocycles. The lowest BCUT2D eigenvalue weighted by atomic mass is 10.1. The van der Waals surface area contributed by atoms with Crippen LogP contribution in [0.25, 0.3) is 0 Å². The van der Waals surface area contributed by atoms with Crippen molar-refractivity contribution in [1.29, 1.82) is 0 Å². The van der Waals surface area contributed by atoms with Crippen LogP contribution in [-0.2, 0) is 14.3 Å². The van der Waals surface area contributed by atoms with Crippen LogP contribution in [0.2, 0.25) is 0 Å². The number of amides is 2. The van der Waals surface area contributed by atoms with E-state index in [0.29, 0.717) is 10.0 Å². The van der Waals surface area contributed by atoms with Gasteiger partial charge in [0, 0.05) is 5.57 Å². The standard InChI is InChI=1S/C14H12N2O4S2/c1-7(10-12(18)16-14(21)22-10)11(17)15-9-6-4-3-5-8(9)13(19)20-2/h3-6H,1-2H3,(H,15,17)(H,16,18,21)/b10-7+. The minimum Gasteiger partial charge on any atom is -0.465 e. The first-order chi connectivity index (χ1) is 10.4. The monoisotopic (exact) mass is 336 g/mol. The van der Waals surface area contributed by atoms with E-state index >= 15 is 0 Å². The Morgan fingerprint density at radius 2 is 2.00 bits per heavy atom. The number of para-hydroxylation sites is 1. The van der Waals surface area contributed by atoms with Crippen molar-refractivity contribution >= 4 is 51.8 Å². The highest BCUT2D eigenvalue weighted by Crippen LogP contribution is 2.27. The molecule has 0 aliphatic carbocycles. The number of ether oxygens (including phenoxy) is 1. The smallest absolute Gasteiger partial charge is 0.339 e. The lowest BCUT2D eigenvalue weighted by Crippen LogP contribution is -2.21. The molecule has 6 nitrogen and oxygen atoms in total. The van der Waals surface area contributed by atoms with Crippen LogP contribution in [0.1, 0.15) is 17.3 Å². The second-order valence-corrected chi connectivity index (χ2v) is 5.98. The molecule has 0 aromatic heterocycles. The van der Waals surface area contributed by atoms with Crippen LogP contribution < -0.4 is 10.6 Å². The molecule has 22 heavy (non-hydrogen) atoms. The van der Waals surface area contributed by atoms with E-state index in [1.807, 2.05) is 0 Å². The minimum absolute atomic E-state index is 0.224. The first-order valence-electron chi connectivity index (χ1n) is 6.16. The molecule has 1 saturated heterocycles. The fourth-order valence-corrected chi connectivity index (χ4v) is 2.82. The molecular weight excluding hydrogens is 324 g/mol. The van der Waals surface area contributed by atoms with Crippen molar-refractivity contribution in [2.24, 2.45) is 0 Å². The molecule has 1 aliphatic rings. The summed E-state index contributed by atoms with van der Waals surface area (Å²) in [6.07, 6.45) is 0. The molecule has 1 fully saturated rings. The normalized spacial score (nSPS) is 16.1. The molecule has 2 N–H and O–H groups in total. The number of hydrogen-bond donors (Lipinski definition) is 2. The Bertz CT molecular complexity index is 713. The van der Waals surface area contributed by atoms with Gasteiger partial charge in [0.15, 0.2) is 0 Å². The summed E-state index contributed by atoms with van der Waals surface area (Å²) in [5, 5.41) is 5.05. The molecule has 114 valence electrons. The van der Waals surface area contributed by atoms with E-state index in [-0.39, 0.29) is 16.0 Å². The predicted molar refractivity (Wildman–Crippen MR) is 87.4 cm³/mol. The van der Waals surface area contributed by atoms with Gasteiger partial charge in [-0.2, -0.15) is 0 Å². The maximum Gasteiger partial charge on any atom is 0.339 e. The highest BCUT2D eigenvalue weighted by molar-refractivity contribution is 8.26. The van der Waals surface area contributed by atoms with Crippen LogP contribution in [0.4, 0.5) is 5.69 Å². The van der Waals surface area contributed by atoms with Crippen LogP contribution in [0.15, 0.2) is 34.7 Å². The molecule has 0 radical (unpaired) electrons. The topological polar surface area (TPSA) is 84.5 Å². The van der Waals surface area contributed by atoms with Gasteiger partial charge in [0.05, 0.1) is 23.3 Å². The van der Waals surface area contributed by atoms with Gasteiger partial charge < -0.3 is 15.4 Å². The molecule has 1 aromatic carbocycles. The summed E-state index contributed by atoms with van der Waals surface area (Å²) in [6, 6.07) is 6.45. The van der Waals surface area contributed by atoms with Crippen molar-refractivity contribution in [3.63, 3.8) is 0 Å². The highest BCUT2D eigenvalue weighted by Gasteiger charge is 2.27. The molecule has 1 aliphatic heterocycles. The SMILES string of the molecule is COC(=O)c1ccccc1NC(=O)/C(C)=C1/SC(=S)NC1=O. The van der Waals surface area contributed by atoms with E-state index in [9.17, 15) is 14.4 Å². The van der Waals surface area contributed by atoms with Crippen LogP contribution in [0, 0.1) is 0 Å². The second kappa shape index (κ2) is 6.71. The minimum atomic E-state index is -0.560. The van der Waals surface area contributed by atoms with Gasteiger partial charge >= 0.3 is 5.97 Å². The number of carbonyl (C=O) groups excluding carboxylic acids is 3. The Balaban J connectivity index is 2.27. The van der Waals surface area contributed by atoms with Crippen molar-refractivity contribution in [2.75, 3.05) is 12.4 Å². The van der Waals surface area contributed by atoms with Gasteiger partial charge in [-0.05, 0) is 19.1 Å². The van der Waals surface area contributed by atoms with Crippen molar-refractivity contribution in [3.05, 3.63) is 40.3 Å². The van der Waals surface area contributed by atoms with Crippen LogP contribution in [0.3, 0.4) is 0 Å². The number of thioether (sulfide) groups is 1. The Morgan fingerprint density at radius 1 is 1.32 bits per heavy atom. The Labute approximate surface area is 136 Å². The van der Waals surface area contributed by atoms with E-state index in [1.165, 1.54) is 20.1 Å². The van der Waals surface area contributed by atoms with E-state index < -0.39 is 17.8 Å². The second-order valence-electron chi connectivity index (χ2n) is 4.29. The maximum atomic E-state index is 12.3. The zero-order valence-electron chi connectivity index (χ0n) is 11.8. The van der Waals surface area contributed by atoms with Gasteiger partial charge in [-0.25, -0.2) is 4.79 Å². The molecule has 0 saturated carbocycles. The number of nitrogens with one attached hydrogen (secondary N) is 2. The number of benzene rings is 1. The molecular formula is C14H12N2O4S2. The van der Waals surface area contributed by atoms with Gasteiger partial charge in [-0.1, -0.05) is 36.1 Å². The van der Waals surface area contributed by atoms with Crippen LogP contribution >= 0.6 is 24.0 Å². The first kappa shape index (κ1) is 16.2. The zero-order chi connectivity index (χ0) is 16.3. The first-order valence-corrected chi connectivity index (χ1v) is 7.39. The largest absolute Gasteiger partial charge is 0.465 e. The van der Waals surface area contributed by atoms with Crippen molar-refractivity contribution in [3.8, 4) is 0 Å². The third kappa shape index (κ3) is 3.34. The number of thiocarbonyl (C=S) groups is 1. The van der Waals surface area contributed by atoms with Gasteiger partial charge in [0.25, 0.3) is 11.8 Å². The quantitative estimate of drug-likeness (QED) is 0.498. The number of esters is 1. The number of rotatable bonds is 3. The summed E-state index contributed by atoms with van der Waals surface area (Å²) >= 11 is 5.92. The average Bonchev–Trinajstić information content (AvgIpc) is 2.84.